The van der Waals surface area contributed by atoms with E-state index in [2.05, 4.69) is 5.32 Å². The van der Waals surface area contributed by atoms with E-state index in [9.17, 15) is 14.4 Å². The second kappa shape index (κ2) is 8.61. The Labute approximate surface area is 163 Å². The van der Waals surface area contributed by atoms with Crippen LogP contribution in [0, 0.1) is 5.92 Å². The summed E-state index contributed by atoms with van der Waals surface area (Å²) in [6.07, 6.45) is 1.27. The van der Waals surface area contributed by atoms with Crippen LogP contribution in [0.2, 0.25) is 5.02 Å². The Morgan fingerprint density at radius 2 is 1.89 bits per heavy atom. The second-order valence-electron chi connectivity index (χ2n) is 6.85. The molecule has 3 rings (SSSR count). The van der Waals surface area contributed by atoms with Crippen LogP contribution < -0.4 is 10.2 Å². The zero-order chi connectivity index (χ0) is 19.4. The van der Waals surface area contributed by atoms with Crippen LogP contribution in [0.25, 0.3) is 0 Å². The predicted molar refractivity (Wildman–Crippen MR) is 102 cm³/mol. The molecule has 0 aliphatic carbocycles. The van der Waals surface area contributed by atoms with Crippen LogP contribution >= 0.6 is 11.6 Å². The van der Waals surface area contributed by atoms with Gasteiger partial charge in [-0.15, -0.1) is 0 Å². The van der Waals surface area contributed by atoms with Gasteiger partial charge in [-0.1, -0.05) is 11.6 Å². The number of nitrogens with one attached hydrogen (secondary N) is 1. The topological polar surface area (TPSA) is 79.0 Å². The molecule has 7 nitrogen and oxygen atoms in total. The molecule has 0 aromatic heterocycles. The molecule has 2 fully saturated rings. The second-order valence-corrected chi connectivity index (χ2v) is 7.29. The summed E-state index contributed by atoms with van der Waals surface area (Å²) >= 11 is 5.89. The van der Waals surface area contributed by atoms with Gasteiger partial charge in [0, 0.05) is 42.8 Å². The van der Waals surface area contributed by atoms with Crippen LogP contribution in [0.1, 0.15) is 26.2 Å². The third-order valence-electron chi connectivity index (χ3n) is 5.00. The average Bonchev–Trinajstić information content (AvgIpc) is 3.05. The molecule has 1 unspecified atom stereocenters. The molecule has 0 bridgehead atoms. The van der Waals surface area contributed by atoms with Gasteiger partial charge in [0.2, 0.25) is 11.8 Å². The van der Waals surface area contributed by atoms with Gasteiger partial charge in [-0.25, -0.2) is 4.79 Å². The summed E-state index contributed by atoms with van der Waals surface area (Å²) in [5, 5.41) is 3.64. The van der Waals surface area contributed by atoms with Crippen LogP contribution in [0.15, 0.2) is 24.3 Å². The molecule has 0 radical (unpaired) electrons. The van der Waals surface area contributed by atoms with E-state index < -0.39 is 0 Å². The molecule has 1 aromatic carbocycles. The van der Waals surface area contributed by atoms with Crippen molar-refractivity contribution < 1.29 is 19.1 Å². The highest BCUT2D eigenvalue weighted by molar-refractivity contribution is 6.30. The van der Waals surface area contributed by atoms with Crippen molar-refractivity contribution in [3.63, 3.8) is 0 Å². The largest absolute Gasteiger partial charge is 0.450 e. The number of ether oxygens (including phenoxy) is 1. The number of rotatable bonds is 4. The maximum absolute atomic E-state index is 12.6. The van der Waals surface area contributed by atoms with Gasteiger partial charge in [-0.2, -0.15) is 0 Å². The highest BCUT2D eigenvalue weighted by atomic mass is 35.5. The number of anilines is 1. The maximum atomic E-state index is 12.6. The number of piperidine rings is 1. The van der Waals surface area contributed by atoms with E-state index in [1.165, 1.54) is 0 Å². The Balaban J connectivity index is 1.50. The molecule has 0 spiro atoms. The normalized spacial score (nSPS) is 20.7. The van der Waals surface area contributed by atoms with E-state index in [1.54, 1.807) is 41.0 Å². The first-order chi connectivity index (χ1) is 13.0. The van der Waals surface area contributed by atoms with E-state index in [1.807, 2.05) is 0 Å². The quantitative estimate of drug-likeness (QED) is 0.852. The zero-order valence-corrected chi connectivity index (χ0v) is 16.1. The molecule has 2 aliphatic heterocycles. The molecule has 2 saturated heterocycles. The monoisotopic (exact) mass is 393 g/mol. The Morgan fingerprint density at radius 1 is 1.22 bits per heavy atom. The fourth-order valence-electron chi connectivity index (χ4n) is 3.49. The molecule has 146 valence electrons. The summed E-state index contributed by atoms with van der Waals surface area (Å²) < 4.78 is 5.00. The number of benzene rings is 1. The fourth-order valence-corrected chi connectivity index (χ4v) is 3.62. The summed E-state index contributed by atoms with van der Waals surface area (Å²) in [5.74, 6) is -0.528. The van der Waals surface area contributed by atoms with Gasteiger partial charge < -0.3 is 19.9 Å². The van der Waals surface area contributed by atoms with Crippen molar-refractivity contribution in [1.29, 1.82) is 0 Å². The number of amides is 3. The van der Waals surface area contributed by atoms with Crippen LogP contribution in [0.4, 0.5) is 10.5 Å². The van der Waals surface area contributed by atoms with E-state index in [4.69, 9.17) is 16.3 Å². The lowest BCUT2D eigenvalue weighted by Gasteiger charge is -2.32. The van der Waals surface area contributed by atoms with Gasteiger partial charge in [0.05, 0.1) is 12.5 Å². The summed E-state index contributed by atoms with van der Waals surface area (Å²) in [4.78, 5) is 39.9. The van der Waals surface area contributed by atoms with Crippen molar-refractivity contribution in [3.8, 4) is 0 Å². The molecular formula is C19H24ClN3O4. The van der Waals surface area contributed by atoms with Crippen LogP contribution in [-0.2, 0) is 14.3 Å². The minimum absolute atomic E-state index is 0.0165. The highest BCUT2D eigenvalue weighted by Crippen LogP contribution is 2.26. The summed E-state index contributed by atoms with van der Waals surface area (Å²) in [7, 11) is 0. The number of hydrogen-bond donors (Lipinski definition) is 1. The van der Waals surface area contributed by atoms with Crippen molar-refractivity contribution >= 4 is 35.2 Å². The Bertz CT molecular complexity index is 701. The van der Waals surface area contributed by atoms with Crippen LogP contribution in [-0.4, -0.2) is 55.1 Å². The zero-order valence-electron chi connectivity index (χ0n) is 15.3. The van der Waals surface area contributed by atoms with Gasteiger partial charge in [0.1, 0.15) is 0 Å². The molecule has 2 aliphatic rings. The van der Waals surface area contributed by atoms with Crippen molar-refractivity contribution in [1.82, 2.24) is 10.2 Å². The minimum Gasteiger partial charge on any atom is -0.450 e. The Kier molecular flexibility index (Phi) is 6.21. The maximum Gasteiger partial charge on any atom is 0.409 e. The third kappa shape index (κ3) is 4.71. The molecule has 1 atom stereocenters. The molecule has 3 amide bonds. The van der Waals surface area contributed by atoms with Crippen molar-refractivity contribution in [2.75, 3.05) is 31.1 Å². The first-order valence-corrected chi connectivity index (χ1v) is 9.63. The number of likely N-dealkylation sites (tertiary alicyclic amines) is 1. The average molecular weight is 394 g/mol. The van der Waals surface area contributed by atoms with E-state index in [0.717, 1.165) is 5.69 Å². The summed E-state index contributed by atoms with van der Waals surface area (Å²) in [5.41, 5.74) is 0.752. The van der Waals surface area contributed by atoms with Gasteiger partial charge in [-0.3, -0.25) is 9.59 Å². The molecule has 0 saturated carbocycles. The highest BCUT2D eigenvalue weighted by Gasteiger charge is 2.36. The predicted octanol–water partition coefficient (Wildman–Crippen LogP) is 2.43. The summed E-state index contributed by atoms with van der Waals surface area (Å²) in [6, 6.07) is 7.05. The van der Waals surface area contributed by atoms with Gasteiger partial charge in [0.15, 0.2) is 0 Å². The molecule has 2 heterocycles. The van der Waals surface area contributed by atoms with Gasteiger partial charge >= 0.3 is 6.09 Å². The van der Waals surface area contributed by atoms with Crippen molar-refractivity contribution in [3.05, 3.63) is 29.3 Å². The lowest BCUT2D eigenvalue weighted by molar-refractivity contribution is -0.127. The lowest BCUT2D eigenvalue weighted by atomic mass is 10.0. The standard InChI is InChI=1S/C19H24ClN3O4/c1-2-27-19(26)22-9-7-15(8-10-22)21-18(25)13-11-17(24)23(12-13)16-5-3-14(20)4-6-16/h3-6,13,15H,2,7-12H2,1H3,(H,21,25). The SMILES string of the molecule is CCOC(=O)N1CCC(NC(=O)C2CC(=O)N(c3ccc(Cl)cc3)C2)CC1. The molecule has 1 aromatic rings. The first-order valence-electron chi connectivity index (χ1n) is 9.26. The van der Waals surface area contributed by atoms with E-state index in [0.29, 0.717) is 44.1 Å². The third-order valence-corrected chi connectivity index (χ3v) is 5.25. The Morgan fingerprint density at radius 3 is 2.52 bits per heavy atom. The number of nitrogens with zero attached hydrogens (tertiary/aromatic N) is 2. The number of carbonyl (C=O) groups excluding carboxylic acids is 3. The molecule has 1 N–H and O–H groups in total. The number of halogens is 1. The van der Waals surface area contributed by atoms with Crippen molar-refractivity contribution in [2.24, 2.45) is 5.92 Å². The lowest BCUT2D eigenvalue weighted by Crippen LogP contribution is -2.48. The fraction of sp³-hybridized carbons (Fsp3) is 0.526. The van der Waals surface area contributed by atoms with Gasteiger partial charge in [-0.05, 0) is 44.0 Å². The minimum atomic E-state index is -0.365. The van der Waals surface area contributed by atoms with E-state index >= 15 is 0 Å². The van der Waals surface area contributed by atoms with Crippen LogP contribution in [0.5, 0.6) is 0 Å². The van der Waals surface area contributed by atoms with Crippen LogP contribution in [0.3, 0.4) is 0 Å². The first kappa shape index (κ1) is 19.5. The van der Waals surface area contributed by atoms with E-state index in [-0.39, 0.29) is 36.3 Å². The number of hydrogen-bond acceptors (Lipinski definition) is 4. The van der Waals surface area contributed by atoms with Crippen molar-refractivity contribution in [2.45, 2.75) is 32.2 Å². The molecule has 27 heavy (non-hydrogen) atoms. The summed E-state index contributed by atoms with van der Waals surface area (Å²) in [6.45, 7) is 3.62. The smallest absolute Gasteiger partial charge is 0.409 e. The number of carbonyl (C=O) groups is 3. The molecular weight excluding hydrogens is 370 g/mol. The molecule has 8 heteroatoms. The van der Waals surface area contributed by atoms with Gasteiger partial charge in [0.25, 0.3) is 0 Å². The Hall–Kier alpha value is -2.28.